The third kappa shape index (κ3) is 5.39. The lowest BCUT2D eigenvalue weighted by molar-refractivity contribution is 0.201. The van der Waals surface area contributed by atoms with Gasteiger partial charge in [-0.05, 0) is 64.6 Å². The average Bonchev–Trinajstić information content (AvgIpc) is 2.74. The lowest BCUT2D eigenvalue weighted by atomic mass is 10.0. The minimum atomic E-state index is 0.690. The van der Waals surface area contributed by atoms with E-state index in [9.17, 15) is 0 Å². The Morgan fingerprint density at radius 1 is 1.29 bits per heavy atom. The molecule has 0 aromatic carbocycles. The fourth-order valence-corrected chi connectivity index (χ4v) is 2.98. The molecule has 1 aliphatic rings. The van der Waals surface area contributed by atoms with Crippen LogP contribution in [0.2, 0.25) is 0 Å². The Balaban J connectivity index is 2.13. The highest BCUT2D eigenvalue weighted by Gasteiger charge is 2.26. The van der Waals surface area contributed by atoms with Crippen molar-refractivity contribution >= 4 is 0 Å². The third-order valence-corrected chi connectivity index (χ3v) is 4.01. The van der Waals surface area contributed by atoms with Crippen LogP contribution < -0.4 is 5.32 Å². The van der Waals surface area contributed by atoms with Crippen molar-refractivity contribution in [3.05, 3.63) is 0 Å². The van der Waals surface area contributed by atoms with Crippen molar-refractivity contribution in [2.24, 2.45) is 5.92 Å². The molecule has 1 saturated heterocycles. The van der Waals surface area contributed by atoms with Crippen molar-refractivity contribution in [1.82, 2.24) is 10.2 Å². The number of hydrogen-bond acceptors (Lipinski definition) is 2. The Morgan fingerprint density at radius 2 is 2.06 bits per heavy atom. The summed E-state index contributed by atoms with van der Waals surface area (Å²) in [6.07, 6.45) is 6.74. The van der Waals surface area contributed by atoms with E-state index < -0.39 is 0 Å². The van der Waals surface area contributed by atoms with Gasteiger partial charge in [0.2, 0.25) is 0 Å². The van der Waals surface area contributed by atoms with Crippen molar-refractivity contribution in [3.63, 3.8) is 0 Å². The first kappa shape index (κ1) is 15.0. The number of rotatable bonds is 8. The van der Waals surface area contributed by atoms with E-state index in [1.54, 1.807) is 0 Å². The van der Waals surface area contributed by atoms with Crippen LogP contribution in [0.15, 0.2) is 0 Å². The van der Waals surface area contributed by atoms with Gasteiger partial charge in [0.25, 0.3) is 0 Å². The lowest BCUT2D eigenvalue weighted by Gasteiger charge is -2.28. The van der Waals surface area contributed by atoms with Crippen molar-refractivity contribution in [3.8, 4) is 0 Å². The monoisotopic (exact) mass is 240 g/mol. The van der Waals surface area contributed by atoms with Crippen molar-refractivity contribution < 1.29 is 0 Å². The van der Waals surface area contributed by atoms with Crippen molar-refractivity contribution in [1.29, 1.82) is 0 Å². The quantitative estimate of drug-likeness (QED) is 0.700. The van der Waals surface area contributed by atoms with Crippen LogP contribution in [0.5, 0.6) is 0 Å². The normalized spacial score (nSPS) is 23.5. The van der Waals surface area contributed by atoms with Crippen LogP contribution in [-0.2, 0) is 0 Å². The number of likely N-dealkylation sites (tertiary alicyclic amines) is 1. The van der Waals surface area contributed by atoms with Gasteiger partial charge in [0, 0.05) is 12.1 Å². The molecule has 2 unspecified atom stereocenters. The van der Waals surface area contributed by atoms with E-state index in [0.29, 0.717) is 6.04 Å². The maximum absolute atomic E-state index is 3.57. The fourth-order valence-electron chi connectivity index (χ4n) is 2.98. The van der Waals surface area contributed by atoms with E-state index in [0.717, 1.165) is 12.0 Å². The van der Waals surface area contributed by atoms with Gasteiger partial charge < -0.3 is 10.2 Å². The summed E-state index contributed by atoms with van der Waals surface area (Å²) >= 11 is 0. The molecule has 1 rings (SSSR count). The SMILES string of the molecule is CCCNC(C)CCCN1CCCC1C(C)C. The second-order valence-corrected chi connectivity index (χ2v) is 5.99. The molecule has 102 valence electrons. The molecule has 1 heterocycles. The Kier molecular flexibility index (Phi) is 7.14. The van der Waals surface area contributed by atoms with Gasteiger partial charge in [0.05, 0.1) is 0 Å². The molecular formula is C15H32N2. The van der Waals surface area contributed by atoms with Crippen LogP contribution in [0.25, 0.3) is 0 Å². The predicted molar refractivity (Wildman–Crippen MR) is 76.4 cm³/mol. The number of nitrogens with zero attached hydrogens (tertiary/aromatic N) is 1. The van der Waals surface area contributed by atoms with Gasteiger partial charge in [0.1, 0.15) is 0 Å². The van der Waals surface area contributed by atoms with Gasteiger partial charge in [0.15, 0.2) is 0 Å². The van der Waals surface area contributed by atoms with E-state index in [4.69, 9.17) is 0 Å². The van der Waals surface area contributed by atoms with Crippen LogP contribution in [0.3, 0.4) is 0 Å². The van der Waals surface area contributed by atoms with Crippen molar-refractivity contribution in [2.45, 2.75) is 71.9 Å². The maximum Gasteiger partial charge on any atom is 0.0119 e. The van der Waals surface area contributed by atoms with Gasteiger partial charge in [-0.3, -0.25) is 0 Å². The lowest BCUT2D eigenvalue weighted by Crippen LogP contribution is -2.35. The number of hydrogen-bond donors (Lipinski definition) is 1. The fraction of sp³-hybridized carbons (Fsp3) is 1.00. The first-order valence-electron chi connectivity index (χ1n) is 7.62. The topological polar surface area (TPSA) is 15.3 Å². The zero-order chi connectivity index (χ0) is 12.7. The molecule has 1 N–H and O–H groups in total. The Morgan fingerprint density at radius 3 is 2.71 bits per heavy atom. The highest BCUT2D eigenvalue weighted by Crippen LogP contribution is 2.23. The Bertz CT molecular complexity index is 191. The second-order valence-electron chi connectivity index (χ2n) is 5.99. The van der Waals surface area contributed by atoms with Gasteiger partial charge in [-0.1, -0.05) is 20.8 Å². The van der Waals surface area contributed by atoms with E-state index >= 15 is 0 Å². The van der Waals surface area contributed by atoms with Crippen molar-refractivity contribution in [2.75, 3.05) is 19.6 Å². The molecule has 0 amide bonds. The minimum Gasteiger partial charge on any atom is -0.314 e. The first-order valence-corrected chi connectivity index (χ1v) is 7.62. The zero-order valence-electron chi connectivity index (χ0n) is 12.3. The molecule has 0 bridgehead atoms. The van der Waals surface area contributed by atoms with Gasteiger partial charge in [-0.15, -0.1) is 0 Å². The predicted octanol–water partition coefficient (Wildman–Crippen LogP) is 3.28. The second kappa shape index (κ2) is 8.10. The highest BCUT2D eigenvalue weighted by molar-refractivity contribution is 4.81. The summed E-state index contributed by atoms with van der Waals surface area (Å²) in [6.45, 7) is 13.1. The molecule has 1 aliphatic heterocycles. The molecule has 0 aromatic rings. The standard InChI is InChI=1S/C15H32N2/c1-5-10-16-14(4)8-6-11-17-12-7-9-15(17)13(2)3/h13-16H,5-12H2,1-4H3. The van der Waals surface area contributed by atoms with Crippen LogP contribution in [0, 0.1) is 5.92 Å². The van der Waals surface area contributed by atoms with E-state index in [1.165, 1.54) is 51.7 Å². The van der Waals surface area contributed by atoms with Crippen LogP contribution >= 0.6 is 0 Å². The molecule has 0 aliphatic carbocycles. The van der Waals surface area contributed by atoms with E-state index in [-0.39, 0.29) is 0 Å². The zero-order valence-corrected chi connectivity index (χ0v) is 12.3. The van der Waals surface area contributed by atoms with E-state index in [1.807, 2.05) is 0 Å². The molecule has 0 aromatic heterocycles. The summed E-state index contributed by atoms with van der Waals surface area (Å²) in [5.41, 5.74) is 0. The highest BCUT2D eigenvalue weighted by atomic mass is 15.2. The molecule has 0 spiro atoms. The molecule has 2 atom stereocenters. The Hall–Kier alpha value is -0.0800. The smallest absolute Gasteiger partial charge is 0.0119 e. The summed E-state index contributed by atoms with van der Waals surface area (Å²) in [4.78, 5) is 2.72. The average molecular weight is 240 g/mol. The molecule has 1 fully saturated rings. The molecule has 17 heavy (non-hydrogen) atoms. The largest absolute Gasteiger partial charge is 0.314 e. The molecule has 0 radical (unpaired) electrons. The first-order chi connectivity index (χ1) is 8.15. The van der Waals surface area contributed by atoms with Gasteiger partial charge in [-0.2, -0.15) is 0 Å². The molecule has 2 nitrogen and oxygen atoms in total. The van der Waals surface area contributed by atoms with Crippen LogP contribution in [-0.4, -0.2) is 36.6 Å². The van der Waals surface area contributed by atoms with Gasteiger partial charge >= 0.3 is 0 Å². The molecule has 0 saturated carbocycles. The third-order valence-electron chi connectivity index (χ3n) is 4.01. The van der Waals surface area contributed by atoms with Crippen LogP contribution in [0.4, 0.5) is 0 Å². The Labute approximate surface area is 108 Å². The van der Waals surface area contributed by atoms with Crippen LogP contribution in [0.1, 0.15) is 59.8 Å². The van der Waals surface area contributed by atoms with Gasteiger partial charge in [-0.25, -0.2) is 0 Å². The molecular weight excluding hydrogens is 208 g/mol. The summed E-state index contributed by atoms with van der Waals surface area (Å²) < 4.78 is 0. The summed E-state index contributed by atoms with van der Waals surface area (Å²) in [5, 5.41) is 3.57. The maximum atomic E-state index is 3.57. The summed E-state index contributed by atoms with van der Waals surface area (Å²) in [5.74, 6) is 0.827. The van der Waals surface area contributed by atoms with E-state index in [2.05, 4.69) is 37.9 Å². The molecule has 2 heteroatoms. The summed E-state index contributed by atoms with van der Waals surface area (Å²) in [6, 6.07) is 1.55. The number of nitrogens with one attached hydrogen (secondary N) is 1. The summed E-state index contributed by atoms with van der Waals surface area (Å²) in [7, 11) is 0. The minimum absolute atomic E-state index is 0.690.